The first-order chi connectivity index (χ1) is 11.3. The summed E-state index contributed by atoms with van der Waals surface area (Å²) >= 11 is 0. The van der Waals surface area contributed by atoms with Crippen LogP contribution in [0.1, 0.15) is 24.0 Å². The number of fused-ring (bicyclic) bond motifs is 1. The lowest BCUT2D eigenvalue weighted by Gasteiger charge is -2.50. The van der Waals surface area contributed by atoms with Crippen molar-refractivity contribution in [3.8, 4) is 0 Å². The monoisotopic (exact) mass is 306 g/mol. The molecule has 23 heavy (non-hydrogen) atoms. The molecule has 1 amide bonds. The van der Waals surface area contributed by atoms with Crippen molar-refractivity contribution in [1.82, 2.24) is 0 Å². The summed E-state index contributed by atoms with van der Waals surface area (Å²) in [6.07, 6.45) is 2.88. The second kappa shape index (κ2) is 5.50. The maximum absolute atomic E-state index is 13.6. The van der Waals surface area contributed by atoms with E-state index in [0.29, 0.717) is 6.54 Å². The summed E-state index contributed by atoms with van der Waals surface area (Å²) in [4.78, 5) is 15.5. The highest BCUT2D eigenvalue weighted by Gasteiger charge is 2.55. The van der Waals surface area contributed by atoms with E-state index in [4.69, 9.17) is 5.73 Å². The van der Waals surface area contributed by atoms with Crippen molar-refractivity contribution in [3.05, 3.63) is 65.7 Å². The van der Waals surface area contributed by atoms with Crippen LogP contribution in [0, 0.1) is 5.92 Å². The molecule has 1 aliphatic heterocycles. The van der Waals surface area contributed by atoms with Crippen LogP contribution in [0.25, 0.3) is 0 Å². The predicted molar refractivity (Wildman–Crippen MR) is 92.4 cm³/mol. The number of benzene rings is 2. The van der Waals surface area contributed by atoms with E-state index < -0.39 is 5.41 Å². The largest absolute Gasteiger partial charge is 0.330 e. The first-order valence-electron chi connectivity index (χ1n) is 8.43. The van der Waals surface area contributed by atoms with E-state index in [9.17, 15) is 4.79 Å². The van der Waals surface area contributed by atoms with Gasteiger partial charge in [0.25, 0.3) is 0 Å². The number of amides is 1. The van der Waals surface area contributed by atoms with Gasteiger partial charge < -0.3 is 10.6 Å². The molecule has 0 bridgehead atoms. The fraction of sp³-hybridized carbons (Fsp3) is 0.350. The van der Waals surface area contributed by atoms with Crippen LogP contribution in [0.2, 0.25) is 0 Å². The second-order valence-electron chi connectivity index (χ2n) is 6.64. The maximum Gasteiger partial charge on any atom is 0.237 e. The normalized spacial score (nSPS) is 25.8. The molecule has 3 heteroatoms. The lowest BCUT2D eigenvalue weighted by molar-refractivity contribution is -0.130. The average Bonchev–Trinajstić information content (AvgIpc) is 3.00. The van der Waals surface area contributed by atoms with Crippen molar-refractivity contribution in [1.29, 1.82) is 0 Å². The molecule has 2 aliphatic rings. The molecular formula is C20H22N2O. The minimum absolute atomic E-state index is 0.232. The van der Waals surface area contributed by atoms with Gasteiger partial charge in [0, 0.05) is 12.2 Å². The Morgan fingerprint density at radius 2 is 1.87 bits per heavy atom. The van der Waals surface area contributed by atoms with Gasteiger partial charge in [-0.25, -0.2) is 0 Å². The number of nitrogens with zero attached hydrogens (tertiary/aromatic N) is 1. The Morgan fingerprint density at radius 3 is 2.57 bits per heavy atom. The van der Waals surface area contributed by atoms with Gasteiger partial charge in [0.15, 0.2) is 0 Å². The summed E-state index contributed by atoms with van der Waals surface area (Å²) in [6.45, 7) is 1.35. The van der Waals surface area contributed by atoms with Gasteiger partial charge in [-0.2, -0.15) is 0 Å². The zero-order chi connectivity index (χ0) is 15.9. The van der Waals surface area contributed by atoms with Crippen LogP contribution in [-0.4, -0.2) is 19.0 Å². The van der Waals surface area contributed by atoms with Gasteiger partial charge in [0.2, 0.25) is 5.91 Å². The molecule has 118 valence electrons. The van der Waals surface area contributed by atoms with E-state index in [0.717, 1.165) is 37.1 Å². The molecule has 0 saturated heterocycles. The van der Waals surface area contributed by atoms with E-state index in [1.54, 1.807) is 0 Å². The van der Waals surface area contributed by atoms with Gasteiger partial charge in [0.05, 0.1) is 5.41 Å². The molecule has 0 spiro atoms. The van der Waals surface area contributed by atoms with Crippen LogP contribution >= 0.6 is 0 Å². The van der Waals surface area contributed by atoms with E-state index >= 15 is 0 Å². The van der Waals surface area contributed by atoms with Crippen LogP contribution in [0.4, 0.5) is 5.69 Å². The van der Waals surface area contributed by atoms with Crippen LogP contribution < -0.4 is 10.6 Å². The third-order valence-electron chi connectivity index (χ3n) is 5.67. The highest BCUT2D eigenvalue weighted by atomic mass is 16.2. The summed E-state index contributed by atoms with van der Waals surface area (Å²) < 4.78 is 0. The van der Waals surface area contributed by atoms with Gasteiger partial charge in [-0.3, -0.25) is 4.79 Å². The third kappa shape index (κ3) is 2.03. The molecule has 2 aromatic carbocycles. The fourth-order valence-corrected chi connectivity index (χ4v) is 4.27. The van der Waals surface area contributed by atoms with E-state index in [1.165, 1.54) is 5.56 Å². The predicted octanol–water partition coefficient (Wildman–Crippen LogP) is 2.88. The molecule has 4 rings (SSSR count). The number of nitrogens with two attached hydrogens (primary N) is 1. The Bertz CT molecular complexity index is 725. The van der Waals surface area contributed by atoms with Crippen molar-refractivity contribution in [2.75, 3.05) is 18.0 Å². The van der Waals surface area contributed by atoms with Crippen LogP contribution in [0.5, 0.6) is 0 Å². The Balaban J connectivity index is 1.76. The van der Waals surface area contributed by atoms with Crippen LogP contribution in [0.15, 0.2) is 54.6 Å². The minimum Gasteiger partial charge on any atom is -0.330 e. The Labute approximate surface area is 137 Å². The van der Waals surface area contributed by atoms with Crippen LogP contribution in [0.3, 0.4) is 0 Å². The first-order valence-corrected chi connectivity index (χ1v) is 8.43. The SMILES string of the molecule is NC[C@@H]1CC[C@@]1(C(=O)N1CCc2ccccc21)c1ccccc1. The molecule has 1 fully saturated rings. The Morgan fingerprint density at radius 1 is 1.13 bits per heavy atom. The molecule has 1 aliphatic carbocycles. The summed E-state index contributed by atoms with van der Waals surface area (Å²) in [5.74, 6) is 0.473. The lowest BCUT2D eigenvalue weighted by Crippen LogP contribution is -2.58. The molecule has 2 aromatic rings. The lowest BCUT2D eigenvalue weighted by atomic mass is 9.56. The number of hydrogen-bond donors (Lipinski definition) is 1. The number of carbonyl (C=O) groups is 1. The third-order valence-corrected chi connectivity index (χ3v) is 5.67. The van der Waals surface area contributed by atoms with E-state index in [-0.39, 0.29) is 11.8 Å². The molecule has 2 N–H and O–H groups in total. The smallest absolute Gasteiger partial charge is 0.237 e. The molecule has 1 saturated carbocycles. The van der Waals surface area contributed by atoms with Crippen molar-refractivity contribution in [2.24, 2.45) is 11.7 Å². The molecular weight excluding hydrogens is 284 g/mol. The molecule has 1 heterocycles. The number of rotatable bonds is 3. The fourth-order valence-electron chi connectivity index (χ4n) is 4.27. The highest BCUT2D eigenvalue weighted by Crippen LogP contribution is 2.50. The highest BCUT2D eigenvalue weighted by molar-refractivity contribution is 6.03. The van der Waals surface area contributed by atoms with Crippen molar-refractivity contribution in [3.63, 3.8) is 0 Å². The zero-order valence-corrected chi connectivity index (χ0v) is 13.2. The topological polar surface area (TPSA) is 46.3 Å². The summed E-state index contributed by atoms with van der Waals surface area (Å²) in [5, 5.41) is 0. The zero-order valence-electron chi connectivity index (χ0n) is 13.2. The standard InChI is InChI=1S/C20H22N2O/c21-14-17-10-12-20(17,16-7-2-1-3-8-16)19(23)22-13-11-15-6-4-5-9-18(15)22/h1-9,17H,10-14,21H2/t17-,20+/m0/s1. The first kappa shape index (κ1) is 14.5. The Hall–Kier alpha value is -2.13. The number of para-hydroxylation sites is 1. The van der Waals surface area contributed by atoms with Gasteiger partial charge in [-0.1, -0.05) is 48.5 Å². The Kier molecular flexibility index (Phi) is 3.46. The number of anilines is 1. The molecule has 0 radical (unpaired) electrons. The summed E-state index contributed by atoms with van der Waals surface area (Å²) in [5.41, 5.74) is 9.04. The molecule has 2 atom stereocenters. The quantitative estimate of drug-likeness (QED) is 0.948. The summed E-state index contributed by atoms with van der Waals surface area (Å²) in [6, 6.07) is 18.5. The summed E-state index contributed by atoms with van der Waals surface area (Å²) in [7, 11) is 0. The minimum atomic E-state index is -0.437. The van der Waals surface area contributed by atoms with Gasteiger partial charge in [0.1, 0.15) is 0 Å². The number of hydrogen-bond acceptors (Lipinski definition) is 2. The maximum atomic E-state index is 13.6. The van der Waals surface area contributed by atoms with Gasteiger partial charge in [-0.15, -0.1) is 0 Å². The second-order valence-corrected chi connectivity index (χ2v) is 6.64. The van der Waals surface area contributed by atoms with Gasteiger partial charge >= 0.3 is 0 Å². The van der Waals surface area contributed by atoms with Crippen molar-refractivity contribution in [2.45, 2.75) is 24.7 Å². The van der Waals surface area contributed by atoms with E-state index in [1.807, 2.05) is 35.2 Å². The van der Waals surface area contributed by atoms with Crippen molar-refractivity contribution >= 4 is 11.6 Å². The van der Waals surface area contributed by atoms with Gasteiger partial charge in [-0.05, 0) is 48.9 Å². The molecule has 3 nitrogen and oxygen atoms in total. The molecule has 0 unspecified atom stereocenters. The van der Waals surface area contributed by atoms with Crippen molar-refractivity contribution < 1.29 is 4.79 Å². The van der Waals surface area contributed by atoms with Crippen LogP contribution in [-0.2, 0) is 16.6 Å². The number of carbonyl (C=O) groups excluding carboxylic acids is 1. The van der Waals surface area contributed by atoms with E-state index in [2.05, 4.69) is 24.3 Å². The average molecular weight is 306 g/mol. The molecule has 0 aromatic heterocycles.